The minimum atomic E-state index is 0.396. The second-order valence-electron chi connectivity index (χ2n) is 7.71. The van der Waals surface area contributed by atoms with E-state index in [0.717, 1.165) is 59.1 Å². The summed E-state index contributed by atoms with van der Waals surface area (Å²) in [4.78, 5) is 20.9. The van der Waals surface area contributed by atoms with Crippen LogP contribution in [0.4, 0.5) is 5.82 Å². The number of anilines is 1. The number of pyridine rings is 2. The van der Waals surface area contributed by atoms with E-state index in [1.54, 1.807) is 6.20 Å². The molecule has 0 N–H and O–H groups in total. The topological polar surface area (TPSA) is 64.0 Å². The number of aromatic nitrogens is 4. The molecule has 6 heteroatoms. The van der Waals surface area contributed by atoms with Gasteiger partial charge < -0.3 is 9.64 Å². The summed E-state index contributed by atoms with van der Waals surface area (Å²) in [7, 11) is 4.00. The summed E-state index contributed by atoms with van der Waals surface area (Å²) in [6.45, 7) is 4.43. The Labute approximate surface area is 172 Å². The zero-order valence-electron chi connectivity index (χ0n) is 17.6. The molecule has 3 aromatic rings. The number of hydrogen-bond donors (Lipinski definition) is 0. The Kier molecular flexibility index (Phi) is 5.43. The molecule has 3 aromatic heterocycles. The van der Waals surface area contributed by atoms with Gasteiger partial charge in [-0.3, -0.25) is 9.97 Å². The molecule has 0 atom stereocenters. The summed E-state index contributed by atoms with van der Waals surface area (Å²) < 4.78 is 6.03. The summed E-state index contributed by atoms with van der Waals surface area (Å²) in [6, 6.07) is 7.85. The van der Waals surface area contributed by atoms with Crippen LogP contribution in [0, 0.1) is 13.8 Å². The average Bonchev–Trinajstić information content (AvgIpc) is 2.72. The van der Waals surface area contributed by atoms with Crippen molar-refractivity contribution in [3.05, 3.63) is 58.8 Å². The minimum absolute atomic E-state index is 0.396. The minimum Gasteiger partial charge on any atom is -0.471 e. The van der Waals surface area contributed by atoms with E-state index in [1.165, 1.54) is 12.0 Å². The molecule has 0 bridgehead atoms. The van der Waals surface area contributed by atoms with Crippen LogP contribution in [0.15, 0.2) is 30.5 Å². The van der Waals surface area contributed by atoms with E-state index >= 15 is 0 Å². The summed E-state index contributed by atoms with van der Waals surface area (Å²) in [5.41, 5.74) is 7.18. The molecule has 0 fully saturated rings. The van der Waals surface area contributed by atoms with Gasteiger partial charge >= 0.3 is 0 Å². The lowest BCUT2D eigenvalue weighted by Crippen LogP contribution is -2.15. The van der Waals surface area contributed by atoms with Gasteiger partial charge in [0.05, 0.1) is 22.8 Å². The van der Waals surface area contributed by atoms with Crippen molar-refractivity contribution in [3.63, 3.8) is 0 Å². The first-order valence-corrected chi connectivity index (χ1v) is 10.1. The molecule has 0 aromatic carbocycles. The van der Waals surface area contributed by atoms with Gasteiger partial charge in [0.1, 0.15) is 12.4 Å². The third-order valence-electron chi connectivity index (χ3n) is 5.27. The maximum atomic E-state index is 6.03. The molecule has 0 radical (unpaired) electrons. The number of hydrogen-bond acceptors (Lipinski definition) is 6. The highest BCUT2D eigenvalue weighted by Crippen LogP contribution is 2.35. The second-order valence-corrected chi connectivity index (χ2v) is 7.71. The van der Waals surface area contributed by atoms with E-state index in [4.69, 9.17) is 19.7 Å². The van der Waals surface area contributed by atoms with Gasteiger partial charge in [0.15, 0.2) is 0 Å². The van der Waals surface area contributed by atoms with Crippen LogP contribution < -0.4 is 9.64 Å². The van der Waals surface area contributed by atoms with E-state index in [9.17, 15) is 0 Å². The molecule has 4 rings (SSSR count). The first-order chi connectivity index (χ1) is 14.0. The van der Waals surface area contributed by atoms with Gasteiger partial charge in [-0.2, -0.15) is 0 Å². The fraction of sp³-hybridized carbons (Fsp3) is 0.391. The zero-order valence-corrected chi connectivity index (χ0v) is 17.6. The van der Waals surface area contributed by atoms with E-state index in [1.807, 2.05) is 57.1 Å². The van der Waals surface area contributed by atoms with Crippen LogP contribution in [0.1, 0.15) is 41.2 Å². The Bertz CT molecular complexity index is 1020. The van der Waals surface area contributed by atoms with Crippen molar-refractivity contribution in [1.29, 1.82) is 0 Å². The highest BCUT2D eigenvalue weighted by atomic mass is 16.5. The van der Waals surface area contributed by atoms with Crippen molar-refractivity contribution in [3.8, 4) is 17.1 Å². The highest BCUT2D eigenvalue weighted by Gasteiger charge is 2.21. The van der Waals surface area contributed by atoms with Crippen molar-refractivity contribution < 1.29 is 4.74 Å². The first kappa shape index (κ1) is 19.3. The van der Waals surface area contributed by atoms with Gasteiger partial charge in [-0.25, -0.2) is 9.97 Å². The lowest BCUT2D eigenvalue weighted by Gasteiger charge is -2.22. The number of rotatable bonds is 5. The van der Waals surface area contributed by atoms with E-state index in [2.05, 4.69) is 4.98 Å². The molecular formula is C23H27N5O. The Morgan fingerprint density at radius 1 is 1.00 bits per heavy atom. The van der Waals surface area contributed by atoms with E-state index in [0.29, 0.717) is 12.5 Å². The molecule has 0 saturated carbocycles. The molecule has 0 aliphatic heterocycles. The largest absolute Gasteiger partial charge is 0.471 e. The van der Waals surface area contributed by atoms with Crippen LogP contribution in [0.5, 0.6) is 5.88 Å². The summed E-state index contributed by atoms with van der Waals surface area (Å²) in [5, 5.41) is 0. The fourth-order valence-electron chi connectivity index (χ4n) is 3.90. The van der Waals surface area contributed by atoms with Crippen LogP contribution >= 0.6 is 0 Å². The lowest BCUT2D eigenvalue weighted by molar-refractivity contribution is 0.288. The van der Waals surface area contributed by atoms with Crippen LogP contribution in [0.25, 0.3) is 11.3 Å². The first-order valence-electron chi connectivity index (χ1n) is 10.1. The van der Waals surface area contributed by atoms with Crippen molar-refractivity contribution in [2.75, 3.05) is 19.0 Å². The molecule has 29 heavy (non-hydrogen) atoms. The average molecular weight is 390 g/mol. The Hall–Kier alpha value is -3.02. The second kappa shape index (κ2) is 8.15. The predicted octanol–water partition coefficient (Wildman–Crippen LogP) is 4.07. The van der Waals surface area contributed by atoms with Crippen LogP contribution in [0.3, 0.4) is 0 Å². The molecule has 6 nitrogen and oxygen atoms in total. The number of aryl methyl sites for hydroxylation is 3. The van der Waals surface area contributed by atoms with Crippen LogP contribution in [0.2, 0.25) is 0 Å². The van der Waals surface area contributed by atoms with Gasteiger partial charge in [-0.15, -0.1) is 0 Å². The Morgan fingerprint density at radius 3 is 2.59 bits per heavy atom. The van der Waals surface area contributed by atoms with Gasteiger partial charge in [-0.1, -0.05) is 6.07 Å². The summed E-state index contributed by atoms with van der Waals surface area (Å²) >= 11 is 0. The van der Waals surface area contributed by atoms with Gasteiger partial charge in [0.25, 0.3) is 0 Å². The molecule has 0 saturated heterocycles. The predicted molar refractivity (Wildman–Crippen MR) is 114 cm³/mol. The quantitative estimate of drug-likeness (QED) is 0.655. The van der Waals surface area contributed by atoms with Crippen molar-refractivity contribution in [1.82, 2.24) is 19.9 Å². The van der Waals surface area contributed by atoms with Crippen molar-refractivity contribution >= 4 is 5.82 Å². The SMILES string of the molecule is Cc1nc(C)c(N(C)C)nc1-c1cc(OCc2ccccn2)nc2c1CCCC2. The molecule has 1 aliphatic rings. The Morgan fingerprint density at radius 2 is 1.83 bits per heavy atom. The molecule has 1 aliphatic carbocycles. The maximum absolute atomic E-state index is 6.03. The van der Waals surface area contributed by atoms with E-state index in [-0.39, 0.29) is 0 Å². The lowest BCUT2D eigenvalue weighted by atomic mass is 9.90. The fourth-order valence-corrected chi connectivity index (χ4v) is 3.90. The third-order valence-corrected chi connectivity index (χ3v) is 5.27. The summed E-state index contributed by atoms with van der Waals surface area (Å²) in [6.07, 6.45) is 6.10. The molecule has 3 heterocycles. The van der Waals surface area contributed by atoms with Gasteiger partial charge in [0.2, 0.25) is 5.88 Å². The van der Waals surface area contributed by atoms with Crippen LogP contribution in [-0.4, -0.2) is 34.0 Å². The number of fused-ring (bicyclic) bond motifs is 1. The van der Waals surface area contributed by atoms with Crippen molar-refractivity contribution in [2.45, 2.75) is 46.1 Å². The number of nitrogens with zero attached hydrogens (tertiary/aromatic N) is 5. The maximum Gasteiger partial charge on any atom is 0.214 e. The Balaban J connectivity index is 1.77. The molecule has 0 spiro atoms. The number of ether oxygens (including phenoxy) is 1. The van der Waals surface area contributed by atoms with Gasteiger partial charge in [0, 0.05) is 37.6 Å². The van der Waals surface area contributed by atoms with E-state index < -0.39 is 0 Å². The highest BCUT2D eigenvalue weighted by molar-refractivity contribution is 5.70. The third kappa shape index (κ3) is 4.06. The normalized spacial score (nSPS) is 13.1. The molecule has 0 unspecified atom stereocenters. The zero-order chi connectivity index (χ0) is 20.4. The summed E-state index contributed by atoms with van der Waals surface area (Å²) in [5.74, 6) is 1.52. The van der Waals surface area contributed by atoms with Gasteiger partial charge in [-0.05, 0) is 57.2 Å². The van der Waals surface area contributed by atoms with Crippen molar-refractivity contribution in [2.24, 2.45) is 0 Å². The monoisotopic (exact) mass is 389 g/mol. The molecule has 150 valence electrons. The molecule has 0 amide bonds. The molecular weight excluding hydrogens is 362 g/mol. The van der Waals surface area contributed by atoms with Crippen LogP contribution in [-0.2, 0) is 19.4 Å². The smallest absolute Gasteiger partial charge is 0.214 e. The standard InChI is InChI=1S/C23H27N5O/c1-15-22(27-23(28(3)4)16(2)25-15)19-13-21(26-20-11-6-5-10-18(19)20)29-14-17-9-7-8-12-24-17/h7-9,12-13H,5-6,10-11,14H2,1-4H3.